The van der Waals surface area contributed by atoms with Crippen LogP contribution in [0.4, 0.5) is 0 Å². The van der Waals surface area contributed by atoms with Gasteiger partial charge >= 0.3 is 0 Å². The number of thiazole rings is 1. The number of guanidine groups is 1. The highest BCUT2D eigenvalue weighted by Crippen LogP contribution is 2.27. The Morgan fingerprint density at radius 3 is 2.88 bits per heavy atom. The molecular formula is C18H29IN6S. The molecule has 1 aliphatic rings. The molecule has 2 heterocycles. The predicted molar refractivity (Wildman–Crippen MR) is 119 cm³/mol. The average Bonchev–Trinajstić information content (AvgIpc) is 3.19. The van der Waals surface area contributed by atoms with E-state index < -0.39 is 0 Å². The fourth-order valence-electron chi connectivity index (χ4n) is 3.07. The van der Waals surface area contributed by atoms with Crippen molar-refractivity contribution in [3.05, 3.63) is 33.5 Å². The van der Waals surface area contributed by atoms with Crippen molar-refractivity contribution in [2.24, 2.45) is 4.99 Å². The Labute approximate surface area is 177 Å². The quantitative estimate of drug-likeness (QED) is 0.386. The number of aliphatic imine (C=N–C) groups is 1. The van der Waals surface area contributed by atoms with Crippen molar-refractivity contribution in [1.82, 2.24) is 25.0 Å². The van der Waals surface area contributed by atoms with Crippen LogP contribution in [0.5, 0.6) is 0 Å². The van der Waals surface area contributed by atoms with Crippen LogP contribution in [0.15, 0.2) is 17.4 Å². The molecule has 0 atom stereocenters. The first-order valence-electron chi connectivity index (χ1n) is 9.11. The highest BCUT2D eigenvalue weighted by atomic mass is 127. The second-order valence-electron chi connectivity index (χ2n) is 6.56. The summed E-state index contributed by atoms with van der Waals surface area (Å²) in [5.74, 6) is 0.930. The Hall–Kier alpha value is -1.16. The smallest absolute Gasteiger partial charge is 0.194 e. The van der Waals surface area contributed by atoms with Crippen LogP contribution in [-0.2, 0) is 25.9 Å². The van der Waals surface area contributed by atoms with Crippen molar-refractivity contribution in [1.29, 1.82) is 0 Å². The molecule has 0 aromatic carbocycles. The molecule has 3 rings (SSSR count). The number of fused-ring (bicyclic) bond motifs is 1. The molecule has 0 amide bonds. The second kappa shape index (κ2) is 10.2. The van der Waals surface area contributed by atoms with E-state index in [-0.39, 0.29) is 24.0 Å². The number of nitrogens with zero attached hydrogens (tertiary/aromatic N) is 5. The van der Waals surface area contributed by atoms with Gasteiger partial charge < -0.3 is 10.2 Å². The molecule has 1 N–H and O–H groups in total. The van der Waals surface area contributed by atoms with E-state index >= 15 is 0 Å². The van der Waals surface area contributed by atoms with E-state index in [0.29, 0.717) is 6.54 Å². The SMILES string of the molecule is CCNC(=NCCn1cc(C)cn1)N(C)Cc1nc2c(s1)CCCC2.I. The van der Waals surface area contributed by atoms with Gasteiger partial charge in [0.25, 0.3) is 0 Å². The summed E-state index contributed by atoms with van der Waals surface area (Å²) in [6.07, 6.45) is 8.86. The lowest BCUT2D eigenvalue weighted by Gasteiger charge is -2.21. The lowest BCUT2D eigenvalue weighted by Crippen LogP contribution is -2.38. The molecule has 0 aliphatic heterocycles. The first kappa shape index (κ1) is 21.1. The molecule has 1 aliphatic carbocycles. The Morgan fingerprint density at radius 2 is 2.19 bits per heavy atom. The third-order valence-electron chi connectivity index (χ3n) is 4.31. The van der Waals surface area contributed by atoms with Crippen LogP contribution < -0.4 is 5.32 Å². The standard InChI is InChI=1S/C18H28N6S.HI/c1-4-19-18(20-9-10-24-12-14(2)11-21-24)23(3)13-17-22-15-7-5-6-8-16(15)25-17;/h11-12H,4-10,13H2,1-3H3,(H,19,20);1H. The number of aryl methyl sites for hydroxylation is 3. The van der Waals surface area contributed by atoms with Gasteiger partial charge in [-0.15, -0.1) is 35.3 Å². The highest BCUT2D eigenvalue weighted by molar-refractivity contribution is 14.0. The van der Waals surface area contributed by atoms with Crippen LogP contribution in [-0.4, -0.2) is 45.8 Å². The Balaban J connectivity index is 0.00000243. The minimum atomic E-state index is 0. The van der Waals surface area contributed by atoms with E-state index in [9.17, 15) is 0 Å². The molecule has 6 nitrogen and oxygen atoms in total. The maximum Gasteiger partial charge on any atom is 0.194 e. The van der Waals surface area contributed by atoms with Crippen LogP contribution in [0.2, 0.25) is 0 Å². The fraction of sp³-hybridized carbons (Fsp3) is 0.611. The summed E-state index contributed by atoms with van der Waals surface area (Å²) in [6, 6.07) is 0. The van der Waals surface area contributed by atoms with Gasteiger partial charge in [-0.3, -0.25) is 9.67 Å². The zero-order valence-corrected chi connectivity index (χ0v) is 19.0. The fourth-order valence-corrected chi connectivity index (χ4v) is 4.28. The van der Waals surface area contributed by atoms with Crippen LogP contribution in [0.25, 0.3) is 0 Å². The van der Waals surface area contributed by atoms with Gasteiger partial charge in [0.2, 0.25) is 0 Å². The summed E-state index contributed by atoms with van der Waals surface area (Å²) in [5.41, 5.74) is 2.51. The molecule has 2 aromatic rings. The first-order chi connectivity index (χ1) is 12.2. The normalized spacial score (nSPS) is 13.9. The van der Waals surface area contributed by atoms with Crippen molar-refractivity contribution in [2.45, 2.75) is 52.6 Å². The van der Waals surface area contributed by atoms with Gasteiger partial charge in [0.05, 0.1) is 31.5 Å². The molecule has 26 heavy (non-hydrogen) atoms. The second-order valence-corrected chi connectivity index (χ2v) is 7.73. The molecule has 0 bridgehead atoms. The van der Waals surface area contributed by atoms with Crippen molar-refractivity contribution < 1.29 is 0 Å². The van der Waals surface area contributed by atoms with Crippen molar-refractivity contribution in [3.63, 3.8) is 0 Å². The Morgan fingerprint density at radius 1 is 1.38 bits per heavy atom. The highest BCUT2D eigenvalue weighted by Gasteiger charge is 2.16. The molecule has 2 aromatic heterocycles. The van der Waals surface area contributed by atoms with Gasteiger partial charge in [0, 0.05) is 24.7 Å². The Bertz CT molecular complexity index is 700. The summed E-state index contributed by atoms with van der Waals surface area (Å²) >= 11 is 1.87. The number of rotatable bonds is 6. The number of nitrogens with one attached hydrogen (secondary N) is 1. The molecule has 0 unspecified atom stereocenters. The molecule has 0 fully saturated rings. The minimum Gasteiger partial charge on any atom is -0.357 e. The number of halogens is 1. The maximum absolute atomic E-state index is 4.84. The van der Waals surface area contributed by atoms with E-state index in [2.05, 4.69) is 36.2 Å². The molecule has 0 saturated carbocycles. The summed E-state index contributed by atoms with van der Waals surface area (Å²) in [7, 11) is 2.08. The zero-order chi connectivity index (χ0) is 17.6. The van der Waals surface area contributed by atoms with E-state index in [1.807, 2.05) is 28.4 Å². The predicted octanol–water partition coefficient (Wildman–Crippen LogP) is 3.24. The monoisotopic (exact) mass is 488 g/mol. The van der Waals surface area contributed by atoms with Gasteiger partial charge in [-0.1, -0.05) is 0 Å². The van der Waals surface area contributed by atoms with Crippen LogP contribution in [0.3, 0.4) is 0 Å². The summed E-state index contributed by atoms with van der Waals surface area (Å²) < 4.78 is 1.94. The molecule has 0 radical (unpaired) electrons. The van der Waals surface area contributed by atoms with Crippen molar-refractivity contribution in [3.8, 4) is 0 Å². The summed E-state index contributed by atoms with van der Waals surface area (Å²) in [4.78, 5) is 13.2. The van der Waals surface area contributed by atoms with Crippen LogP contribution >= 0.6 is 35.3 Å². The van der Waals surface area contributed by atoms with E-state index in [4.69, 9.17) is 9.98 Å². The first-order valence-corrected chi connectivity index (χ1v) is 9.93. The average molecular weight is 488 g/mol. The maximum atomic E-state index is 4.84. The lowest BCUT2D eigenvalue weighted by atomic mass is 10.0. The molecule has 0 spiro atoms. The van der Waals surface area contributed by atoms with Gasteiger partial charge in [0.1, 0.15) is 5.01 Å². The summed E-state index contributed by atoms with van der Waals surface area (Å²) in [5, 5.41) is 8.89. The largest absolute Gasteiger partial charge is 0.357 e. The third kappa shape index (κ3) is 5.67. The summed E-state index contributed by atoms with van der Waals surface area (Å²) in [6.45, 7) is 7.33. The molecule has 144 valence electrons. The minimum absolute atomic E-state index is 0. The zero-order valence-electron chi connectivity index (χ0n) is 15.9. The number of hydrogen-bond acceptors (Lipinski definition) is 4. The van der Waals surface area contributed by atoms with Crippen LogP contribution in [0.1, 0.15) is 40.9 Å². The van der Waals surface area contributed by atoms with Crippen molar-refractivity contribution >= 4 is 41.3 Å². The number of hydrogen-bond donors (Lipinski definition) is 1. The molecule has 0 saturated heterocycles. The van der Waals surface area contributed by atoms with E-state index in [1.54, 1.807) is 0 Å². The third-order valence-corrected chi connectivity index (χ3v) is 5.45. The topological polar surface area (TPSA) is 58.3 Å². The molecular weight excluding hydrogens is 459 g/mol. The van der Waals surface area contributed by atoms with Gasteiger partial charge in [-0.25, -0.2) is 4.98 Å². The van der Waals surface area contributed by atoms with Gasteiger partial charge in [0.15, 0.2) is 5.96 Å². The van der Waals surface area contributed by atoms with Crippen molar-refractivity contribution in [2.75, 3.05) is 20.1 Å². The van der Waals surface area contributed by atoms with Crippen LogP contribution in [0, 0.1) is 6.92 Å². The van der Waals surface area contributed by atoms with E-state index in [0.717, 1.165) is 32.0 Å². The lowest BCUT2D eigenvalue weighted by molar-refractivity contribution is 0.472. The van der Waals surface area contributed by atoms with Gasteiger partial charge in [-0.05, 0) is 45.1 Å². The van der Waals surface area contributed by atoms with E-state index in [1.165, 1.54) is 40.4 Å². The number of aromatic nitrogens is 3. The Kier molecular flexibility index (Phi) is 8.33. The molecule has 8 heteroatoms. The van der Waals surface area contributed by atoms with Gasteiger partial charge in [-0.2, -0.15) is 5.10 Å².